The minimum atomic E-state index is -0.758. The third-order valence-corrected chi connectivity index (χ3v) is 7.71. The number of aliphatic imine (C=N–C) groups is 1. The summed E-state index contributed by atoms with van der Waals surface area (Å²) in [5.74, 6) is -0.758. The molecular weight excluding hydrogens is 524 g/mol. The van der Waals surface area contributed by atoms with E-state index in [0.717, 1.165) is 53.1 Å². The molecule has 0 bridgehead atoms. The first kappa shape index (κ1) is 29.4. The van der Waals surface area contributed by atoms with Gasteiger partial charge in [-0.15, -0.1) is 4.33 Å². The van der Waals surface area contributed by atoms with Crippen LogP contribution in [0, 0.1) is 0 Å². The zero-order valence-corrected chi connectivity index (χ0v) is 23.4. The van der Waals surface area contributed by atoms with Gasteiger partial charge in [0.25, 0.3) is 0 Å². The Morgan fingerprint density at radius 1 is 1.02 bits per heavy atom. The van der Waals surface area contributed by atoms with Crippen LogP contribution in [-0.2, 0) is 26.1 Å². The standard InChI is InChI=1S/C32H34N2O5S/c1-32(21-11-4-9-18-31(35)36)28-23-27(40-39-38-37)19-20-29(28)34(24-25-13-5-2-6-14-25)30(32)17-10-12-22-33-26-15-7-3-8-16-26/h2-3,5-8,10,13-17,19-20,22-23H,4,9,11-12,18,21,24H2,1H3,(H-,35,36,37)/p+1/t32-/m1/s1. The molecule has 0 saturated carbocycles. The Bertz CT molecular complexity index is 1360. The first-order chi connectivity index (χ1) is 19.5. The van der Waals surface area contributed by atoms with Crippen molar-refractivity contribution in [2.45, 2.75) is 62.3 Å². The Balaban J connectivity index is 1.67. The van der Waals surface area contributed by atoms with Gasteiger partial charge in [0.15, 0.2) is 12.3 Å². The van der Waals surface area contributed by atoms with Gasteiger partial charge in [0.2, 0.25) is 5.69 Å². The van der Waals surface area contributed by atoms with Gasteiger partial charge < -0.3 is 5.11 Å². The molecule has 4 rings (SSSR count). The molecule has 3 aromatic carbocycles. The van der Waals surface area contributed by atoms with Crippen LogP contribution in [0.5, 0.6) is 0 Å². The van der Waals surface area contributed by atoms with E-state index in [1.54, 1.807) is 0 Å². The maximum atomic E-state index is 11.0. The van der Waals surface area contributed by atoms with Gasteiger partial charge in [0.05, 0.1) is 23.1 Å². The molecule has 1 atom stereocenters. The first-order valence-electron chi connectivity index (χ1n) is 13.5. The zero-order chi connectivity index (χ0) is 28.2. The number of para-hydroxylation sites is 1. The van der Waals surface area contributed by atoms with Crippen molar-refractivity contribution in [1.82, 2.24) is 0 Å². The molecule has 208 valence electrons. The number of carboxylic acids is 1. The molecule has 8 heteroatoms. The molecule has 0 aliphatic carbocycles. The van der Waals surface area contributed by atoms with Crippen molar-refractivity contribution < 1.29 is 29.1 Å². The van der Waals surface area contributed by atoms with Gasteiger partial charge in [0.1, 0.15) is 0 Å². The van der Waals surface area contributed by atoms with Crippen molar-refractivity contribution in [2.75, 3.05) is 0 Å². The highest BCUT2D eigenvalue weighted by Gasteiger charge is 2.47. The summed E-state index contributed by atoms with van der Waals surface area (Å²) in [7, 11) is 0. The molecule has 2 N–H and O–H groups in total. The molecule has 7 nitrogen and oxygen atoms in total. The van der Waals surface area contributed by atoms with E-state index in [1.807, 2.05) is 48.7 Å². The second kappa shape index (κ2) is 14.7. The molecule has 1 heterocycles. The van der Waals surface area contributed by atoms with Crippen LogP contribution in [0.15, 0.2) is 101 Å². The van der Waals surface area contributed by atoms with E-state index in [1.165, 1.54) is 11.3 Å². The summed E-state index contributed by atoms with van der Waals surface area (Å²) in [4.78, 5) is 16.4. The van der Waals surface area contributed by atoms with Gasteiger partial charge in [-0.2, -0.15) is 4.58 Å². The molecule has 3 aromatic rings. The lowest BCUT2D eigenvalue weighted by molar-refractivity contribution is -0.455. The highest BCUT2D eigenvalue weighted by molar-refractivity contribution is 7.94. The van der Waals surface area contributed by atoms with Crippen molar-refractivity contribution in [3.05, 3.63) is 102 Å². The van der Waals surface area contributed by atoms with Gasteiger partial charge in [-0.05, 0) is 44.0 Å². The van der Waals surface area contributed by atoms with E-state index >= 15 is 0 Å². The first-order valence-corrected chi connectivity index (χ1v) is 14.2. The molecule has 0 unspecified atom stereocenters. The molecule has 0 radical (unpaired) electrons. The predicted octanol–water partition coefficient (Wildman–Crippen LogP) is 8.06. The molecule has 1 aliphatic rings. The maximum absolute atomic E-state index is 11.0. The average molecular weight is 560 g/mol. The number of aliphatic carboxylic acids is 1. The summed E-state index contributed by atoms with van der Waals surface area (Å²) in [5.41, 5.74) is 5.25. The van der Waals surface area contributed by atoms with Crippen molar-refractivity contribution >= 4 is 41.3 Å². The van der Waals surface area contributed by atoms with Crippen LogP contribution < -0.4 is 0 Å². The summed E-state index contributed by atoms with van der Waals surface area (Å²) >= 11 is 0.950. The van der Waals surface area contributed by atoms with Crippen LogP contribution in [0.4, 0.5) is 11.4 Å². The van der Waals surface area contributed by atoms with Crippen LogP contribution in [0.3, 0.4) is 0 Å². The van der Waals surface area contributed by atoms with Crippen LogP contribution in [0.1, 0.15) is 56.6 Å². The number of fused-ring (bicyclic) bond motifs is 1. The fourth-order valence-corrected chi connectivity index (χ4v) is 5.58. The number of carboxylic acid groups (broad SMARTS) is 1. The fourth-order valence-electron chi connectivity index (χ4n) is 5.18. The van der Waals surface area contributed by atoms with Gasteiger partial charge in [-0.1, -0.05) is 72.5 Å². The Labute approximate surface area is 239 Å². The largest absolute Gasteiger partial charge is 0.481 e. The molecular formula is C32H35N2O5S+. The van der Waals surface area contributed by atoms with E-state index in [2.05, 4.69) is 70.1 Å². The van der Waals surface area contributed by atoms with Gasteiger partial charge >= 0.3 is 5.97 Å². The van der Waals surface area contributed by atoms with Crippen molar-refractivity contribution in [3.63, 3.8) is 0 Å². The van der Waals surface area contributed by atoms with Crippen molar-refractivity contribution in [3.8, 4) is 0 Å². The second-order valence-corrected chi connectivity index (χ2v) is 10.7. The number of rotatable bonds is 15. The SMILES string of the molecule is C[C@]1(CCCCCC(=O)O)C(C=CCC=Nc2ccccc2)=[N+](Cc2ccccc2)c2ccc(SOOO)cc21. The molecule has 0 spiro atoms. The zero-order valence-electron chi connectivity index (χ0n) is 22.6. The number of hydrogen-bond donors (Lipinski definition) is 2. The van der Waals surface area contributed by atoms with Crippen molar-refractivity contribution in [1.29, 1.82) is 0 Å². The monoisotopic (exact) mass is 559 g/mol. The lowest BCUT2D eigenvalue weighted by Gasteiger charge is -2.23. The smallest absolute Gasteiger partial charge is 0.303 e. The van der Waals surface area contributed by atoms with Gasteiger partial charge in [0, 0.05) is 47.2 Å². The molecule has 0 saturated heterocycles. The molecule has 1 aliphatic heterocycles. The minimum Gasteiger partial charge on any atom is -0.481 e. The predicted molar refractivity (Wildman–Crippen MR) is 159 cm³/mol. The lowest BCUT2D eigenvalue weighted by atomic mass is 9.75. The Kier molecular flexibility index (Phi) is 10.8. The average Bonchev–Trinajstić information content (AvgIpc) is 3.19. The van der Waals surface area contributed by atoms with E-state index < -0.39 is 5.97 Å². The highest BCUT2D eigenvalue weighted by Crippen LogP contribution is 2.45. The fraction of sp³-hybridized carbons (Fsp3) is 0.281. The molecule has 0 aromatic heterocycles. The number of allylic oxidation sites excluding steroid dienone is 2. The normalized spacial score (nSPS) is 16.8. The van der Waals surface area contributed by atoms with Crippen LogP contribution >= 0.6 is 12.0 Å². The van der Waals surface area contributed by atoms with Crippen molar-refractivity contribution in [2.24, 2.45) is 4.99 Å². The number of hydrogen-bond acceptors (Lipinski definition) is 6. The Morgan fingerprint density at radius 2 is 1.77 bits per heavy atom. The molecule has 40 heavy (non-hydrogen) atoms. The molecule has 0 fully saturated rings. The summed E-state index contributed by atoms with van der Waals surface area (Å²) in [6.07, 6.45) is 10.4. The summed E-state index contributed by atoms with van der Waals surface area (Å²) in [5, 5.41) is 21.6. The maximum Gasteiger partial charge on any atom is 0.303 e. The topological polar surface area (TPSA) is 91.4 Å². The van der Waals surface area contributed by atoms with Crippen LogP contribution in [0.2, 0.25) is 0 Å². The van der Waals surface area contributed by atoms with E-state index in [-0.39, 0.29) is 11.8 Å². The Hall–Kier alpha value is -3.56. The van der Waals surface area contributed by atoms with Crippen LogP contribution in [0.25, 0.3) is 0 Å². The van der Waals surface area contributed by atoms with Gasteiger partial charge in [-0.25, -0.2) is 5.26 Å². The number of carbonyl (C=O) groups is 1. The highest BCUT2D eigenvalue weighted by atomic mass is 32.2. The van der Waals surface area contributed by atoms with Crippen LogP contribution in [-0.4, -0.2) is 32.8 Å². The third-order valence-electron chi connectivity index (χ3n) is 7.13. The Morgan fingerprint density at radius 3 is 2.50 bits per heavy atom. The third kappa shape index (κ3) is 7.76. The van der Waals surface area contributed by atoms with E-state index in [4.69, 9.17) is 14.7 Å². The summed E-state index contributed by atoms with van der Waals surface area (Å²) in [6, 6.07) is 26.4. The number of nitrogens with zero attached hydrogens (tertiary/aromatic N) is 2. The molecule has 0 amide bonds. The second-order valence-electron chi connectivity index (χ2n) is 9.93. The summed E-state index contributed by atoms with van der Waals surface area (Å²) < 4.78 is 7.09. The van der Waals surface area contributed by atoms with E-state index in [9.17, 15) is 4.79 Å². The number of unbranched alkanes of at least 4 members (excludes halogenated alkanes) is 2. The van der Waals surface area contributed by atoms with E-state index in [0.29, 0.717) is 19.4 Å². The number of benzene rings is 3. The quantitative estimate of drug-likeness (QED) is 0.0489. The van der Waals surface area contributed by atoms with Gasteiger partial charge in [-0.3, -0.25) is 9.79 Å². The summed E-state index contributed by atoms with van der Waals surface area (Å²) in [6.45, 7) is 2.96. The lowest BCUT2D eigenvalue weighted by Crippen LogP contribution is -2.31. The minimum absolute atomic E-state index is 0.184.